The zero-order chi connectivity index (χ0) is 32.8. The first-order valence-electron chi connectivity index (χ1n) is 15.8. The minimum atomic E-state index is -4.73. The van der Waals surface area contributed by atoms with Crippen LogP contribution in [0.2, 0.25) is 5.02 Å². The summed E-state index contributed by atoms with van der Waals surface area (Å²) in [6, 6.07) is 12.4. The first-order valence-corrected chi connectivity index (χ1v) is 16.1. The fourth-order valence-electron chi connectivity index (χ4n) is 6.24. The van der Waals surface area contributed by atoms with Crippen molar-refractivity contribution in [3.8, 4) is 17.0 Å². The smallest absolute Gasteiger partial charge is 0.417 e. The van der Waals surface area contributed by atoms with Crippen LogP contribution >= 0.6 is 11.6 Å². The van der Waals surface area contributed by atoms with Crippen molar-refractivity contribution in [2.24, 2.45) is 0 Å². The van der Waals surface area contributed by atoms with Gasteiger partial charge in [-0.1, -0.05) is 24.6 Å². The van der Waals surface area contributed by atoms with E-state index in [2.05, 4.69) is 20.1 Å². The standard InChI is InChI=1S/C34H39ClF3N5O3/c1-3-25-22-42(33(45)27-11-10-24(35)21-29(27)34(36,37)38)18-19-43(25)30-12-9-23(26-8-7-13-40-32(26)46-4-2)20-28(30)31(44)39-14-17-41-15-5-6-16-41/h7-13,20-21,25H,3-6,14-19,22H2,1-2H3,(H,39,44)/t25-/m1/s1. The van der Waals surface area contributed by atoms with E-state index in [-0.39, 0.29) is 30.1 Å². The molecule has 0 aliphatic carbocycles. The van der Waals surface area contributed by atoms with Crippen LogP contribution in [0.15, 0.2) is 54.7 Å². The number of aromatic nitrogens is 1. The molecule has 3 aromatic rings. The molecule has 2 aliphatic rings. The lowest BCUT2D eigenvalue weighted by Gasteiger charge is -2.43. The largest absolute Gasteiger partial charge is 0.478 e. The Bertz CT molecular complexity index is 1550. The van der Waals surface area contributed by atoms with E-state index in [4.69, 9.17) is 16.3 Å². The molecule has 2 fully saturated rings. The lowest BCUT2D eigenvalue weighted by molar-refractivity contribution is -0.138. The molecular weight excluding hydrogens is 619 g/mol. The van der Waals surface area contributed by atoms with Crippen LogP contribution in [0.5, 0.6) is 5.88 Å². The van der Waals surface area contributed by atoms with Gasteiger partial charge in [-0.15, -0.1) is 0 Å². The molecule has 0 radical (unpaired) electrons. The van der Waals surface area contributed by atoms with Gasteiger partial charge in [0, 0.05) is 61.2 Å². The summed E-state index contributed by atoms with van der Waals surface area (Å²) in [4.78, 5) is 37.5. The maximum absolute atomic E-state index is 13.8. The average Bonchev–Trinajstić information content (AvgIpc) is 3.57. The molecule has 0 saturated carbocycles. The van der Waals surface area contributed by atoms with Crippen LogP contribution < -0.4 is 15.0 Å². The van der Waals surface area contributed by atoms with Gasteiger partial charge in [0.25, 0.3) is 11.8 Å². The zero-order valence-corrected chi connectivity index (χ0v) is 26.8. The predicted molar refractivity (Wildman–Crippen MR) is 173 cm³/mol. The summed E-state index contributed by atoms with van der Waals surface area (Å²) in [6.45, 7) is 8.32. The van der Waals surface area contributed by atoms with Gasteiger partial charge in [-0.2, -0.15) is 13.2 Å². The second kappa shape index (κ2) is 14.7. The second-order valence-electron chi connectivity index (χ2n) is 11.5. The van der Waals surface area contributed by atoms with Gasteiger partial charge in [-0.25, -0.2) is 4.98 Å². The molecule has 1 N–H and O–H groups in total. The Morgan fingerprint density at radius 1 is 1.02 bits per heavy atom. The van der Waals surface area contributed by atoms with Crippen molar-refractivity contribution >= 4 is 29.1 Å². The number of rotatable bonds is 10. The molecule has 0 bridgehead atoms. The predicted octanol–water partition coefficient (Wildman–Crippen LogP) is 6.39. The molecule has 1 atom stereocenters. The normalized spacial score (nSPS) is 17.3. The number of ether oxygens (including phenoxy) is 1. The van der Waals surface area contributed by atoms with Gasteiger partial charge in [-0.05, 0) is 87.3 Å². The number of carbonyl (C=O) groups is 2. The number of likely N-dealkylation sites (tertiary alicyclic amines) is 1. The van der Waals surface area contributed by atoms with Gasteiger partial charge in [-0.3, -0.25) is 9.59 Å². The summed E-state index contributed by atoms with van der Waals surface area (Å²) in [5.41, 5.74) is 1.23. The van der Waals surface area contributed by atoms with Crippen molar-refractivity contribution in [2.45, 2.75) is 45.3 Å². The third kappa shape index (κ3) is 7.58. The number of carbonyl (C=O) groups excluding carboxylic acids is 2. The number of hydrogen-bond donors (Lipinski definition) is 1. The molecule has 2 amide bonds. The van der Waals surface area contributed by atoms with Crippen LogP contribution in [-0.4, -0.2) is 85.1 Å². The van der Waals surface area contributed by atoms with E-state index in [1.807, 2.05) is 44.2 Å². The number of nitrogens with one attached hydrogen (secondary N) is 1. The molecule has 5 rings (SSSR count). The topological polar surface area (TPSA) is 78.0 Å². The van der Waals surface area contributed by atoms with Gasteiger partial charge < -0.3 is 24.8 Å². The highest BCUT2D eigenvalue weighted by Crippen LogP contribution is 2.36. The molecule has 3 heterocycles. The van der Waals surface area contributed by atoms with Crippen molar-refractivity contribution in [1.29, 1.82) is 0 Å². The Morgan fingerprint density at radius 2 is 1.80 bits per heavy atom. The van der Waals surface area contributed by atoms with Crippen LogP contribution in [0.25, 0.3) is 11.1 Å². The van der Waals surface area contributed by atoms with Crippen LogP contribution in [0, 0.1) is 0 Å². The molecule has 8 nitrogen and oxygen atoms in total. The highest BCUT2D eigenvalue weighted by molar-refractivity contribution is 6.30. The van der Waals surface area contributed by atoms with E-state index >= 15 is 0 Å². The Morgan fingerprint density at radius 3 is 2.52 bits per heavy atom. The molecule has 12 heteroatoms. The van der Waals surface area contributed by atoms with E-state index in [0.717, 1.165) is 55.7 Å². The minimum absolute atomic E-state index is 0.0885. The Hall–Kier alpha value is -3.83. The van der Waals surface area contributed by atoms with Crippen molar-refractivity contribution in [2.75, 3.05) is 57.3 Å². The quantitative estimate of drug-likeness (QED) is 0.273. The monoisotopic (exact) mass is 657 g/mol. The first-order chi connectivity index (χ1) is 22.1. The van der Waals surface area contributed by atoms with Gasteiger partial charge in [0.05, 0.1) is 23.3 Å². The van der Waals surface area contributed by atoms with Crippen molar-refractivity contribution < 1.29 is 27.5 Å². The third-order valence-electron chi connectivity index (χ3n) is 8.58. The van der Waals surface area contributed by atoms with Gasteiger partial charge in [0.2, 0.25) is 5.88 Å². The number of anilines is 1. The lowest BCUT2D eigenvalue weighted by atomic mass is 9.98. The average molecular weight is 658 g/mol. The molecule has 2 saturated heterocycles. The van der Waals surface area contributed by atoms with E-state index in [9.17, 15) is 22.8 Å². The number of halogens is 4. The Kier molecular flexibility index (Phi) is 10.7. The fourth-order valence-corrected chi connectivity index (χ4v) is 6.41. The molecular formula is C34H39ClF3N5O3. The van der Waals surface area contributed by atoms with Gasteiger partial charge in [0.1, 0.15) is 0 Å². The first kappa shape index (κ1) is 33.5. The van der Waals surface area contributed by atoms with E-state index < -0.39 is 23.2 Å². The molecule has 246 valence electrons. The van der Waals surface area contributed by atoms with Crippen molar-refractivity contribution in [3.63, 3.8) is 0 Å². The SMILES string of the molecule is CCOc1ncccc1-c1ccc(N2CCN(C(=O)c3ccc(Cl)cc3C(F)(F)F)C[C@H]2CC)c(C(=O)NCCN2CCCC2)c1. The van der Waals surface area contributed by atoms with Crippen LogP contribution in [-0.2, 0) is 6.18 Å². The van der Waals surface area contributed by atoms with E-state index in [1.54, 1.807) is 6.20 Å². The number of amides is 2. The minimum Gasteiger partial charge on any atom is -0.478 e. The van der Waals surface area contributed by atoms with Crippen molar-refractivity contribution in [1.82, 2.24) is 20.1 Å². The van der Waals surface area contributed by atoms with E-state index in [0.29, 0.717) is 43.2 Å². The molecule has 0 unspecified atom stereocenters. The molecule has 0 spiro atoms. The van der Waals surface area contributed by atoms with Crippen LogP contribution in [0.4, 0.5) is 18.9 Å². The number of pyridine rings is 1. The lowest BCUT2D eigenvalue weighted by Crippen LogP contribution is -2.55. The zero-order valence-electron chi connectivity index (χ0n) is 26.1. The molecule has 2 aliphatic heterocycles. The molecule has 46 heavy (non-hydrogen) atoms. The number of piperazine rings is 1. The highest BCUT2D eigenvalue weighted by atomic mass is 35.5. The summed E-state index contributed by atoms with van der Waals surface area (Å²) < 4.78 is 47.2. The number of benzene rings is 2. The molecule has 1 aromatic heterocycles. The maximum Gasteiger partial charge on any atom is 0.417 e. The summed E-state index contributed by atoms with van der Waals surface area (Å²) >= 11 is 5.85. The number of nitrogens with zero attached hydrogens (tertiary/aromatic N) is 4. The van der Waals surface area contributed by atoms with Crippen LogP contribution in [0.1, 0.15) is 59.4 Å². The second-order valence-corrected chi connectivity index (χ2v) is 12.0. The summed E-state index contributed by atoms with van der Waals surface area (Å²) in [5.74, 6) is -0.447. The Balaban J connectivity index is 1.43. The highest BCUT2D eigenvalue weighted by Gasteiger charge is 2.38. The third-order valence-corrected chi connectivity index (χ3v) is 8.82. The fraction of sp³-hybridized carbons (Fsp3) is 0.441. The van der Waals surface area contributed by atoms with Gasteiger partial charge >= 0.3 is 6.18 Å². The van der Waals surface area contributed by atoms with Gasteiger partial charge in [0.15, 0.2) is 0 Å². The Labute approximate surface area is 272 Å². The number of hydrogen-bond acceptors (Lipinski definition) is 6. The maximum atomic E-state index is 13.8. The summed E-state index contributed by atoms with van der Waals surface area (Å²) in [5, 5.41) is 3.01. The number of alkyl halides is 3. The van der Waals surface area contributed by atoms with E-state index in [1.165, 1.54) is 11.0 Å². The van der Waals surface area contributed by atoms with Crippen LogP contribution in [0.3, 0.4) is 0 Å². The summed E-state index contributed by atoms with van der Waals surface area (Å²) in [7, 11) is 0. The summed E-state index contributed by atoms with van der Waals surface area (Å²) in [6.07, 6.45) is -0.142. The molecule has 2 aromatic carbocycles. The van der Waals surface area contributed by atoms with Crippen molar-refractivity contribution in [3.05, 3.63) is 76.4 Å².